The Morgan fingerprint density at radius 2 is 1.83 bits per heavy atom. The third-order valence-corrected chi connectivity index (χ3v) is 3.07. The molecule has 0 saturated heterocycles. The van der Waals surface area contributed by atoms with Gasteiger partial charge in [0.25, 0.3) is 5.91 Å². The molecule has 0 aliphatic heterocycles. The second-order valence-electron chi connectivity index (χ2n) is 6.38. The molecule has 0 heterocycles. The van der Waals surface area contributed by atoms with E-state index in [4.69, 9.17) is 5.73 Å². The number of rotatable bonds is 6. The number of carbonyl (C=O) groups excluding carboxylic acids is 2. The first-order valence-electron chi connectivity index (χ1n) is 7.24. The van der Waals surface area contributed by atoms with Crippen molar-refractivity contribution in [2.45, 2.75) is 39.3 Å². The molecule has 0 saturated carbocycles. The van der Waals surface area contributed by atoms with Crippen LogP contribution in [-0.4, -0.2) is 29.9 Å². The molecule has 0 spiro atoms. The lowest BCUT2D eigenvalue weighted by atomic mass is 10.0. The summed E-state index contributed by atoms with van der Waals surface area (Å²) >= 11 is 0. The molecule has 5 nitrogen and oxygen atoms in total. The minimum atomic E-state index is -0.755. The second-order valence-corrected chi connectivity index (χ2v) is 6.38. The number of hydrogen-bond donors (Lipinski definition) is 3. The van der Waals surface area contributed by atoms with Gasteiger partial charge in [0.2, 0.25) is 5.91 Å². The summed E-state index contributed by atoms with van der Waals surface area (Å²) in [6, 6.07) is 4.90. The van der Waals surface area contributed by atoms with E-state index >= 15 is 0 Å². The van der Waals surface area contributed by atoms with Crippen molar-refractivity contribution in [3.63, 3.8) is 0 Å². The van der Waals surface area contributed by atoms with Crippen LogP contribution in [0.5, 0.6) is 0 Å². The third kappa shape index (κ3) is 6.97. The van der Waals surface area contributed by atoms with Gasteiger partial charge >= 0.3 is 0 Å². The molecule has 0 bridgehead atoms. The minimum Gasteiger partial charge on any atom is -0.352 e. The van der Waals surface area contributed by atoms with Crippen LogP contribution in [0.15, 0.2) is 24.3 Å². The summed E-state index contributed by atoms with van der Waals surface area (Å²) in [5.41, 5.74) is 5.19. The summed E-state index contributed by atoms with van der Waals surface area (Å²) in [4.78, 5) is 24.3. The fraction of sp³-hybridized carbons (Fsp3) is 0.500. The molecular formula is C16H25ClFN3O2. The summed E-state index contributed by atoms with van der Waals surface area (Å²) in [5.74, 6) is -1.71. The fourth-order valence-electron chi connectivity index (χ4n) is 1.82. The van der Waals surface area contributed by atoms with Gasteiger partial charge in [-0.3, -0.25) is 9.59 Å². The van der Waals surface area contributed by atoms with E-state index in [9.17, 15) is 14.0 Å². The maximum atomic E-state index is 13.6. The average molecular weight is 346 g/mol. The van der Waals surface area contributed by atoms with Gasteiger partial charge in [-0.25, -0.2) is 4.39 Å². The maximum Gasteiger partial charge on any atom is 0.254 e. The molecule has 7 heteroatoms. The van der Waals surface area contributed by atoms with Crippen molar-refractivity contribution in [3.8, 4) is 0 Å². The zero-order chi connectivity index (χ0) is 16.9. The van der Waals surface area contributed by atoms with Crippen molar-refractivity contribution >= 4 is 24.2 Å². The zero-order valence-electron chi connectivity index (χ0n) is 13.9. The molecule has 4 N–H and O–H groups in total. The van der Waals surface area contributed by atoms with E-state index in [1.807, 2.05) is 0 Å². The van der Waals surface area contributed by atoms with Crippen LogP contribution < -0.4 is 16.4 Å². The minimum absolute atomic E-state index is 0. The molecule has 1 atom stereocenters. The maximum absolute atomic E-state index is 13.6. The van der Waals surface area contributed by atoms with E-state index in [0.717, 1.165) is 0 Å². The van der Waals surface area contributed by atoms with Gasteiger partial charge in [-0.05, 0) is 31.9 Å². The van der Waals surface area contributed by atoms with Crippen LogP contribution >= 0.6 is 12.4 Å². The lowest BCUT2D eigenvalue weighted by Gasteiger charge is -2.25. The highest BCUT2D eigenvalue weighted by atomic mass is 35.5. The van der Waals surface area contributed by atoms with Crippen molar-refractivity contribution in [2.75, 3.05) is 6.54 Å². The van der Waals surface area contributed by atoms with Crippen molar-refractivity contribution in [2.24, 2.45) is 11.7 Å². The molecule has 130 valence electrons. The molecule has 1 aromatic carbocycles. The van der Waals surface area contributed by atoms with Gasteiger partial charge in [0.1, 0.15) is 11.9 Å². The summed E-state index contributed by atoms with van der Waals surface area (Å²) < 4.78 is 13.6. The Hall–Kier alpha value is -1.66. The number of carbonyl (C=O) groups is 2. The van der Waals surface area contributed by atoms with Gasteiger partial charge in [0, 0.05) is 12.1 Å². The molecule has 23 heavy (non-hydrogen) atoms. The zero-order valence-corrected chi connectivity index (χ0v) is 14.7. The molecule has 0 aliphatic rings. The van der Waals surface area contributed by atoms with Crippen LogP contribution in [0, 0.1) is 11.7 Å². The van der Waals surface area contributed by atoms with E-state index in [1.54, 1.807) is 33.8 Å². The summed E-state index contributed by atoms with van der Waals surface area (Å²) in [7, 11) is 0. The topological polar surface area (TPSA) is 84.2 Å². The second kappa shape index (κ2) is 8.84. The van der Waals surface area contributed by atoms with Gasteiger partial charge in [-0.15, -0.1) is 12.4 Å². The Morgan fingerprint density at radius 1 is 1.26 bits per heavy atom. The van der Waals surface area contributed by atoms with Crippen LogP contribution in [0.25, 0.3) is 0 Å². The van der Waals surface area contributed by atoms with Gasteiger partial charge < -0.3 is 16.4 Å². The molecule has 0 aromatic heterocycles. The van der Waals surface area contributed by atoms with E-state index in [1.165, 1.54) is 18.2 Å². The standard InChI is InChI=1S/C16H24FN3O2.ClH/c1-10(2)13(15(22)19-9-16(3,4)18)20-14(21)11-7-5-6-8-12(11)17;/h5-8,10,13H,9,18H2,1-4H3,(H,19,22)(H,20,21);1H. The molecule has 1 rings (SSSR count). The summed E-state index contributed by atoms with van der Waals surface area (Å²) in [6.07, 6.45) is 0. The predicted octanol–water partition coefficient (Wildman–Crippen LogP) is 1.86. The third-order valence-electron chi connectivity index (χ3n) is 3.07. The number of benzene rings is 1. The van der Waals surface area contributed by atoms with Crippen LogP contribution in [0.4, 0.5) is 4.39 Å². The summed E-state index contributed by atoms with van der Waals surface area (Å²) in [6.45, 7) is 7.47. The molecule has 2 amide bonds. The van der Waals surface area contributed by atoms with Crippen molar-refractivity contribution in [1.29, 1.82) is 0 Å². The molecule has 0 fully saturated rings. The fourth-order valence-corrected chi connectivity index (χ4v) is 1.82. The lowest BCUT2D eigenvalue weighted by molar-refractivity contribution is -0.124. The Bertz CT molecular complexity index is 544. The Morgan fingerprint density at radius 3 is 2.30 bits per heavy atom. The smallest absolute Gasteiger partial charge is 0.254 e. The summed E-state index contributed by atoms with van der Waals surface area (Å²) in [5, 5.41) is 5.28. The number of hydrogen-bond acceptors (Lipinski definition) is 3. The molecule has 1 unspecified atom stereocenters. The Kier molecular flexibility index (Phi) is 8.20. The molecule has 0 radical (unpaired) electrons. The van der Waals surface area contributed by atoms with Crippen LogP contribution in [-0.2, 0) is 4.79 Å². The van der Waals surface area contributed by atoms with Gasteiger partial charge in [-0.1, -0.05) is 26.0 Å². The van der Waals surface area contributed by atoms with Crippen LogP contribution in [0.2, 0.25) is 0 Å². The normalized spacial score (nSPS) is 12.3. The first-order chi connectivity index (χ1) is 10.1. The van der Waals surface area contributed by atoms with E-state index in [-0.39, 0.29) is 36.3 Å². The number of nitrogens with two attached hydrogens (primary N) is 1. The lowest BCUT2D eigenvalue weighted by Crippen LogP contribution is -2.53. The van der Waals surface area contributed by atoms with Crippen molar-refractivity contribution in [1.82, 2.24) is 10.6 Å². The van der Waals surface area contributed by atoms with E-state index in [2.05, 4.69) is 10.6 Å². The predicted molar refractivity (Wildman–Crippen MR) is 91.0 cm³/mol. The van der Waals surface area contributed by atoms with Crippen molar-refractivity contribution < 1.29 is 14.0 Å². The molecule has 0 aliphatic carbocycles. The number of nitrogens with one attached hydrogen (secondary N) is 2. The highest BCUT2D eigenvalue weighted by Gasteiger charge is 2.26. The first-order valence-corrected chi connectivity index (χ1v) is 7.24. The number of halogens is 2. The van der Waals surface area contributed by atoms with Gasteiger partial charge in [0.15, 0.2) is 0 Å². The highest BCUT2D eigenvalue weighted by Crippen LogP contribution is 2.09. The van der Waals surface area contributed by atoms with E-state index < -0.39 is 23.3 Å². The van der Waals surface area contributed by atoms with Gasteiger partial charge in [0.05, 0.1) is 5.56 Å². The molecule has 1 aromatic rings. The number of amides is 2. The quantitative estimate of drug-likeness (QED) is 0.735. The molecular weight excluding hydrogens is 321 g/mol. The van der Waals surface area contributed by atoms with Gasteiger partial charge in [-0.2, -0.15) is 0 Å². The first kappa shape index (κ1) is 21.3. The monoisotopic (exact) mass is 345 g/mol. The Balaban J connectivity index is 0.00000484. The average Bonchev–Trinajstić information content (AvgIpc) is 2.41. The van der Waals surface area contributed by atoms with E-state index in [0.29, 0.717) is 0 Å². The highest BCUT2D eigenvalue weighted by molar-refractivity contribution is 5.97. The van der Waals surface area contributed by atoms with Crippen LogP contribution in [0.3, 0.4) is 0 Å². The Labute approximate surface area is 142 Å². The van der Waals surface area contributed by atoms with Crippen LogP contribution in [0.1, 0.15) is 38.1 Å². The largest absolute Gasteiger partial charge is 0.352 e. The SMILES string of the molecule is CC(C)C(NC(=O)c1ccccc1F)C(=O)NCC(C)(C)N.Cl. The van der Waals surface area contributed by atoms with Crippen molar-refractivity contribution in [3.05, 3.63) is 35.6 Å².